The van der Waals surface area contributed by atoms with E-state index in [4.69, 9.17) is 37.4 Å². The minimum absolute atomic E-state index is 0.129. The Morgan fingerprint density at radius 1 is 0.936 bits per heavy atom. The molecule has 47 heavy (non-hydrogen) atoms. The molecule has 1 fully saturated rings. The van der Waals surface area contributed by atoms with E-state index in [2.05, 4.69) is 21.3 Å². The number of fused-ring (bicyclic) bond motifs is 1. The molecule has 0 bridgehead atoms. The summed E-state index contributed by atoms with van der Waals surface area (Å²) in [4.78, 5) is 36.4. The van der Waals surface area contributed by atoms with Gasteiger partial charge in [0.2, 0.25) is 18.6 Å². The number of rotatable bonds is 10. The van der Waals surface area contributed by atoms with E-state index in [9.17, 15) is 9.59 Å². The summed E-state index contributed by atoms with van der Waals surface area (Å²) >= 11 is 12.1. The molecule has 3 heterocycles. The van der Waals surface area contributed by atoms with Gasteiger partial charge < -0.3 is 24.4 Å². The number of nitrogens with zero attached hydrogens (tertiary/aromatic N) is 4. The largest absolute Gasteiger partial charge is 0.454 e. The fourth-order valence-corrected chi connectivity index (χ4v) is 5.87. The second-order valence-corrected chi connectivity index (χ2v) is 12.0. The first-order chi connectivity index (χ1) is 22.9. The summed E-state index contributed by atoms with van der Waals surface area (Å²) in [5, 5.41) is 3.60. The molecule has 2 aliphatic heterocycles. The Kier molecular flexibility index (Phi) is 10.3. The van der Waals surface area contributed by atoms with Gasteiger partial charge in [0.05, 0.1) is 21.9 Å². The van der Waals surface area contributed by atoms with Crippen LogP contribution in [0.15, 0.2) is 79.0 Å². The third-order valence-corrected chi connectivity index (χ3v) is 8.87. The van der Waals surface area contributed by atoms with Gasteiger partial charge in [-0.05, 0) is 66.9 Å². The van der Waals surface area contributed by atoms with E-state index < -0.39 is 0 Å². The fourth-order valence-electron chi connectivity index (χ4n) is 5.58. The number of amides is 3. The van der Waals surface area contributed by atoms with Crippen molar-refractivity contribution in [2.75, 3.05) is 49.7 Å². The maximum atomic E-state index is 13.1. The zero-order valence-electron chi connectivity index (χ0n) is 26.0. The third kappa shape index (κ3) is 8.08. The zero-order valence-corrected chi connectivity index (χ0v) is 27.5. The SMILES string of the molecule is CCN(C(=O)Nc1ccc(Cl)c(Cl)c1)c1ccc(Oc2ccccc2CCC(=O)N2CCN(Cc3ccc4c(c3)OCO4)CC2)nc1. The smallest absolute Gasteiger partial charge is 0.326 e. The van der Waals surface area contributed by atoms with Crippen molar-refractivity contribution in [1.82, 2.24) is 14.8 Å². The first-order valence-electron chi connectivity index (χ1n) is 15.5. The molecular formula is C35H35Cl2N5O5. The van der Waals surface area contributed by atoms with Crippen LogP contribution in [0.1, 0.15) is 24.5 Å². The fraction of sp³-hybridized carbons (Fsp3) is 0.286. The van der Waals surface area contributed by atoms with Crippen LogP contribution in [0.5, 0.6) is 23.1 Å². The second kappa shape index (κ2) is 14.9. The van der Waals surface area contributed by atoms with Gasteiger partial charge in [-0.15, -0.1) is 0 Å². The van der Waals surface area contributed by atoms with Crippen LogP contribution in [0.25, 0.3) is 0 Å². The van der Waals surface area contributed by atoms with Crippen LogP contribution >= 0.6 is 23.2 Å². The number of benzene rings is 3. The van der Waals surface area contributed by atoms with Gasteiger partial charge in [0.15, 0.2) is 11.5 Å². The van der Waals surface area contributed by atoms with Crippen LogP contribution < -0.4 is 24.4 Å². The Hall–Kier alpha value is -4.51. The van der Waals surface area contributed by atoms with Crippen molar-refractivity contribution in [3.05, 3.63) is 100 Å². The molecule has 2 aliphatic rings. The van der Waals surface area contributed by atoms with E-state index in [1.165, 1.54) is 5.56 Å². The molecule has 0 saturated carbocycles. The van der Waals surface area contributed by atoms with Crippen LogP contribution in [-0.4, -0.2) is 66.2 Å². The first-order valence-corrected chi connectivity index (χ1v) is 16.3. The van der Waals surface area contributed by atoms with Crippen LogP contribution in [0.2, 0.25) is 10.0 Å². The lowest BCUT2D eigenvalue weighted by molar-refractivity contribution is -0.133. The number of urea groups is 1. The molecule has 0 spiro atoms. The number of nitrogens with one attached hydrogen (secondary N) is 1. The number of anilines is 2. The van der Waals surface area contributed by atoms with Crippen molar-refractivity contribution in [2.24, 2.45) is 0 Å². The minimum Gasteiger partial charge on any atom is -0.454 e. The van der Waals surface area contributed by atoms with Gasteiger partial charge in [-0.2, -0.15) is 0 Å². The number of para-hydroxylation sites is 1. The number of pyridine rings is 1. The van der Waals surface area contributed by atoms with Gasteiger partial charge >= 0.3 is 6.03 Å². The molecule has 12 heteroatoms. The summed E-state index contributed by atoms with van der Waals surface area (Å²) in [5.41, 5.74) is 3.23. The molecule has 0 unspecified atom stereocenters. The lowest BCUT2D eigenvalue weighted by Crippen LogP contribution is -2.48. The number of halogens is 2. The average Bonchev–Trinajstić information content (AvgIpc) is 3.55. The van der Waals surface area contributed by atoms with E-state index in [0.717, 1.165) is 36.7 Å². The summed E-state index contributed by atoms with van der Waals surface area (Å²) in [7, 11) is 0. The van der Waals surface area contributed by atoms with Crippen molar-refractivity contribution in [1.29, 1.82) is 0 Å². The Bertz CT molecular complexity index is 1730. The topological polar surface area (TPSA) is 96.5 Å². The Labute approximate surface area is 283 Å². The molecule has 0 radical (unpaired) electrons. The monoisotopic (exact) mass is 675 g/mol. The lowest BCUT2D eigenvalue weighted by Gasteiger charge is -2.35. The summed E-state index contributed by atoms with van der Waals surface area (Å²) in [6, 6.07) is 21.8. The molecule has 1 saturated heterocycles. The first kappa shape index (κ1) is 32.4. The van der Waals surface area contributed by atoms with E-state index in [0.29, 0.717) is 65.5 Å². The van der Waals surface area contributed by atoms with Gasteiger partial charge in [-0.25, -0.2) is 9.78 Å². The number of aryl methyl sites for hydroxylation is 1. The maximum Gasteiger partial charge on any atom is 0.326 e. The van der Waals surface area contributed by atoms with Crippen molar-refractivity contribution < 1.29 is 23.8 Å². The van der Waals surface area contributed by atoms with Gasteiger partial charge in [-0.3, -0.25) is 14.6 Å². The summed E-state index contributed by atoms with van der Waals surface area (Å²) in [5.74, 6) is 2.72. The zero-order chi connectivity index (χ0) is 32.8. The summed E-state index contributed by atoms with van der Waals surface area (Å²) < 4.78 is 17.0. The van der Waals surface area contributed by atoms with Crippen molar-refractivity contribution >= 4 is 46.5 Å². The van der Waals surface area contributed by atoms with Crippen molar-refractivity contribution in [3.63, 3.8) is 0 Å². The number of ether oxygens (including phenoxy) is 3. The molecule has 6 rings (SSSR count). The Morgan fingerprint density at radius 3 is 2.51 bits per heavy atom. The molecule has 3 amide bonds. The summed E-state index contributed by atoms with van der Waals surface area (Å²) in [6.45, 7) is 6.38. The van der Waals surface area contributed by atoms with Crippen LogP contribution in [0.3, 0.4) is 0 Å². The molecular weight excluding hydrogens is 641 g/mol. The molecule has 244 valence electrons. The summed E-state index contributed by atoms with van der Waals surface area (Å²) in [6.07, 6.45) is 2.52. The standard InChI is InChI=1S/C35H35Cl2N5O5/c1-2-42(35(44)39-26-9-11-28(36)29(37)20-26)27-10-13-33(38-21-27)47-30-6-4-3-5-25(30)8-14-34(43)41-17-15-40(16-18-41)22-24-7-12-31-32(19-24)46-23-45-31/h3-7,9-13,19-21H,2,8,14-18,22-23H2,1H3,(H,39,44). The van der Waals surface area contributed by atoms with Gasteiger partial charge in [0.25, 0.3) is 0 Å². The molecule has 4 aromatic rings. The van der Waals surface area contributed by atoms with Crippen LogP contribution in [-0.2, 0) is 17.8 Å². The average molecular weight is 677 g/mol. The molecule has 0 atom stereocenters. The predicted octanol–water partition coefficient (Wildman–Crippen LogP) is 7.24. The highest BCUT2D eigenvalue weighted by molar-refractivity contribution is 6.42. The van der Waals surface area contributed by atoms with E-state index in [1.807, 2.05) is 48.2 Å². The highest BCUT2D eigenvalue weighted by atomic mass is 35.5. The third-order valence-electron chi connectivity index (χ3n) is 8.13. The number of hydrogen-bond donors (Lipinski definition) is 1. The molecule has 1 N–H and O–H groups in total. The lowest BCUT2D eigenvalue weighted by atomic mass is 10.1. The van der Waals surface area contributed by atoms with E-state index in [1.54, 1.807) is 41.4 Å². The normalized spacial score (nSPS) is 14.1. The molecule has 10 nitrogen and oxygen atoms in total. The highest BCUT2D eigenvalue weighted by Gasteiger charge is 2.23. The quantitative estimate of drug-likeness (QED) is 0.189. The maximum absolute atomic E-state index is 13.1. The molecule has 3 aromatic carbocycles. The van der Waals surface area contributed by atoms with Gasteiger partial charge in [-0.1, -0.05) is 47.5 Å². The Balaban J connectivity index is 0.997. The van der Waals surface area contributed by atoms with Gasteiger partial charge in [0.1, 0.15) is 5.75 Å². The van der Waals surface area contributed by atoms with Gasteiger partial charge in [0, 0.05) is 57.4 Å². The highest BCUT2D eigenvalue weighted by Crippen LogP contribution is 2.33. The number of aromatic nitrogens is 1. The van der Waals surface area contributed by atoms with E-state index >= 15 is 0 Å². The molecule has 1 aromatic heterocycles. The van der Waals surface area contributed by atoms with Crippen LogP contribution in [0.4, 0.5) is 16.2 Å². The minimum atomic E-state index is -0.331. The van der Waals surface area contributed by atoms with Crippen molar-refractivity contribution in [2.45, 2.75) is 26.3 Å². The predicted molar refractivity (Wildman–Crippen MR) is 182 cm³/mol. The number of carbonyl (C=O) groups is 2. The number of piperazine rings is 1. The van der Waals surface area contributed by atoms with Crippen molar-refractivity contribution in [3.8, 4) is 23.1 Å². The second-order valence-electron chi connectivity index (χ2n) is 11.2. The number of hydrogen-bond acceptors (Lipinski definition) is 7. The van der Waals surface area contributed by atoms with E-state index in [-0.39, 0.29) is 18.7 Å². The molecule has 0 aliphatic carbocycles. The Morgan fingerprint density at radius 2 is 1.74 bits per heavy atom. The number of carbonyl (C=O) groups excluding carboxylic acids is 2. The van der Waals surface area contributed by atoms with Crippen LogP contribution in [0, 0.1) is 0 Å².